The lowest BCUT2D eigenvalue weighted by atomic mass is 10.1. The van der Waals surface area contributed by atoms with E-state index >= 15 is 0 Å². The lowest BCUT2D eigenvalue weighted by molar-refractivity contribution is 0.210. The average Bonchev–Trinajstić information content (AvgIpc) is 3.65. The van der Waals surface area contributed by atoms with Crippen LogP contribution in [0.2, 0.25) is 0 Å². The summed E-state index contributed by atoms with van der Waals surface area (Å²) in [4.78, 5) is 5.37. The molecule has 1 aliphatic rings. The molecule has 4 aromatic carbocycles. The largest absolute Gasteiger partial charge is 0.497 e. The number of nitrogens with one attached hydrogen (secondary N) is 2. The Morgan fingerprint density at radius 2 is 1.61 bits per heavy atom. The molecule has 2 heterocycles. The number of H-pyrrole nitrogens is 1. The van der Waals surface area contributed by atoms with Crippen LogP contribution in [-0.4, -0.2) is 50.0 Å². The zero-order valence-corrected chi connectivity index (χ0v) is 25.5. The van der Waals surface area contributed by atoms with Crippen LogP contribution in [0.3, 0.4) is 0 Å². The van der Waals surface area contributed by atoms with Crippen LogP contribution >= 0.6 is 0 Å². The molecule has 0 unspecified atom stereocenters. The first-order valence-electron chi connectivity index (χ1n) is 14.4. The molecule has 0 fully saturated rings. The third kappa shape index (κ3) is 6.21. The Hall–Kier alpha value is -4.96. The van der Waals surface area contributed by atoms with Gasteiger partial charge in [0.1, 0.15) is 24.0 Å². The number of aryl methyl sites for hydroxylation is 1. The van der Waals surface area contributed by atoms with Crippen molar-refractivity contribution in [2.75, 3.05) is 25.6 Å². The highest BCUT2D eigenvalue weighted by Crippen LogP contribution is 2.37. The van der Waals surface area contributed by atoms with Gasteiger partial charge in [-0.05, 0) is 42.3 Å². The average molecular weight is 610 g/mol. The van der Waals surface area contributed by atoms with Gasteiger partial charge in [-0.3, -0.25) is 9.73 Å². The van der Waals surface area contributed by atoms with Gasteiger partial charge in [0.2, 0.25) is 0 Å². The fourth-order valence-corrected chi connectivity index (χ4v) is 7.12. The monoisotopic (exact) mass is 609 g/mol. The van der Waals surface area contributed by atoms with Gasteiger partial charge < -0.3 is 19.4 Å². The van der Waals surface area contributed by atoms with Crippen LogP contribution in [0, 0.1) is 0 Å². The highest BCUT2D eigenvalue weighted by Gasteiger charge is 2.39. The zero-order chi connectivity index (χ0) is 30.5. The number of fused-ring (bicyclic) bond motifs is 1. The van der Waals surface area contributed by atoms with E-state index in [1.165, 1.54) is 5.56 Å². The van der Waals surface area contributed by atoms with Gasteiger partial charge >= 0.3 is 0 Å². The molecule has 9 nitrogen and oxygen atoms in total. The smallest absolute Gasteiger partial charge is 0.260 e. The number of hydrogen-bond acceptors (Lipinski definition) is 7. The molecule has 5 aromatic rings. The fraction of sp³-hybridized carbons (Fsp3) is 0.206. The first kappa shape index (κ1) is 29.1. The molecule has 0 saturated carbocycles. The predicted octanol–water partition coefficient (Wildman–Crippen LogP) is 6.35. The van der Waals surface area contributed by atoms with Crippen LogP contribution in [0.5, 0.6) is 11.5 Å². The predicted molar refractivity (Wildman–Crippen MR) is 174 cm³/mol. The third-order valence-electron chi connectivity index (χ3n) is 7.75. The third-order valence-corrected chi connectivity index (χ3v) is 9.35. The van der Waals surface area contributed by atoms with Gasteiger partial charge in [0, 0.05) is 52.9 Å². The Morgan fingerprint density at radius 1 is 0.886 bits per heavy atom. The number of aromatic amines is 1. The lowest BCUT2D eigenvalue weighted by Gasteiger charge is -2.28. The van der Waals surface area contributed by atoms with Crippen LogP contribution in [0.4, 0.5) is 5.69 Å². The molecule has 0 aliphatic carbocycles. The maximum atomic E-state index is 14.3. The molecule has 1 atom stereocenters. The van der Waals surface area contributed by atoms with Crippen molar-refractivity contribution in [2.45, 2.75) is 24.8 Å². The number of hydrazone groups is 1. The van der Waals surface area contributed by atoms with Crippen molar-refractivity contribution in [1.29, 1.82) is 0 Å². The highest BCUT2D eigenvalue weighted by molar-refractivity contribution is 7.92. The summed E-state index contributed by atoms with van der Waals surface area (Å²) in [5.41, 5.74) is 4.09. The van der Waals surface area contributed by atoms with E-state index in [0.29, 0.717) is 35.7 Å². The Kier molecular flexibility index (Phi) is 8.42. The molecule has 0 spiro atoms. The maximum Gasteiger partial charge on any atom is 0.260 e. The van der Waals surface area contributed by atoms with Crippen molar-refractivity contribution < 1.29 is 17.9 Å². The number of benzene rings is 4. The second-order valence-corrected chi connectivity index (χ2v) is 12.4. The highest BCUT2D eigenvalue weighted by atomic mass is 32.2. The molecular weight excluding hydrogens is 574 g/mol. The van der Waals surface area contributed by atoms with E-state index in [2.05, 4.69) is 26.7 Å². The van der Waals surface area contributed by atoms with Crippen LogP contribution < -0.4 is 14.2 Å². The second kappa shape index (κ2) is 12.7. The number of nitrogens with zero attached hydrogens (tertiary/aromatic N) is 3. The normalized spacial score (nSPS) is 14.0. The van der Waals surface area contributed by atoms with Crippen LogP contribution in [0.1, 0.15) is 28.5 Å². The molecule has 10 heteroatoms. The summed E-state index contributed by atoms with van der Waals surface area (Å²) in [6.45, 7) is 0.739. The van der Waals surface area contributed by atoms with Crippen molar-refractivity contribution in [1.82, 2.24) is 14.9 Å². The van der Waals surface area contributed by atoms with Gasteiger partial charge in [-0.1, -0.05) is 66.7 Å². The van der Waals surface area contributed by atoms with E-state index in [1.54, 1.807) is 49.7 Å². The molecule has 1 aliphatic heterocycles. The van der Waals surface area contributed by atoms with Gasteiger partial charge in [-0.25, -0.2) is 8.42 Å². The van der Waals surface area contributed by atoms with Gasteiger partial charge in [0.15, 0.2) is 5.37 Å². The summed E-state index contributed by atoms with van der Waals surface area (Å²) in [5.74, 6) is 2.19. The quantitative estimate of drug-likeness (QED) is 0.171. The summed E-state index contributed by atoms with van der Waals surface area (Å²) in [7, 11) is -0.747. The topological polar surface area (TPSA) is 99.3 Å². The number of amidine groups is 1. The minimum absolute atomic E-state index is 0.263. The van der Waals surface area contributed by atoms with E-state index in [-0.39, 0.29) is 6.67 Å². The number of hydrogen-bond donors (Lipinski definition) is 2. The number of anilines is 1. The molecule has 0 radical (unpaired) electrons. The van der Waals surface area contributed by atoms with Gasteiger partial charge in [0.05, 0.1) is 14.2 Å². The summed E-state index contributed by atoms with van der Waals surface area (Å²) < 4.78 is 42.4. The Bertz CT molecular complexity index is 1860. The number of methoxy groups -OCH3 is 2. The standard InChI is InChI=1S/C34H35N5O4S/c1-42-28-19-18-26(32(21-28)43-2)23-38-24-39(36-33(38)20-17-25-11-5-3-6-12-25)34(30-22-35-31-16-10-9-15-29(30)31)44(40,41)37-27-13-7-4-8-14-27/h3-16,18-19,21-22,34-35,37H,17,20,23-24H2,1-2H3/t34-/m1/s1. The lowest BCUT2D eigenvalue weighted by Crippen LogP contribution is -2.37. The first-order valence-corrected chi connectivity index (χ1v) is 16.0. The molecule has 0 saturated heterocycles. The van der Waals surface area contributed by atoms with Crippen LogP contribution in [-0.2, 0) is 23.0 Å². The van der Waals surface area contributed by atoms with Crippen molar-refractivity contribution >= 4 is 32.4 Å². The molecule has 0 amide bonds. The van der Waals surface area contributed by atoms with Crippen molar-refractivity contribution in [3.8, 4) is 11.5 Å². The van der Waals surface area contributed by atoms with Gasteiger partial charge in [-0.15, -0.1) is 0 Å². The van der Waals surface area contributed by atoms with Crippen LogP contribution in [0.25, 0.3) is 10.9 Å². The van der Waals surface area contributed by atoms with E-state index < -0.39 is 15.4 Å². The first-order chi connectivity index (χ1) is 21.4. The number of rotatable bonds is 12. The summed E-state index contributed by atoms with van der Waals surface area (Å²) >= 11 is 0. The zero-order valence-electron chi connectivity index (χ0n) is 24.7. The number of ether oxygens (including phenoxy) is 2. The van der Waals surface area contributed by atoms with E-state index in [9.17, 15) is 8.42 Å². The van der Waals surface area contributed by atoms with Crippen molar-refractivity contribution in [2.24, 2.45) is 5.10 Å². The summed E-state index contributed by atoms with van der Waals surface area (Å²) in [5, 5.41) is 6.42. The SMILES string of the molecule is COc1ccc(CN2CN([C@@H](c3c[nH]c4ccccc34)S(=O)(=O)Nc3ccccc3)N=C2CCc2ccccc2)c(OC)c1. The molecule has 0 bridgehead atoms. The summed E-state index contributed by atoms with van der Waals surface area (Å²) in [6.07, 6.45) is 3.16. The molecule has 1 aromatic heterocycles. The Balaban J connectivity index is 1.39. The molecule has 2 N–H and O–H groups in total. The Morgan fingerprint density at radius 3 is 2.36 bits per heavy atom. The Labute approximate surface area is 257 Å². The van der Waals surface area contributed by atoms with Gasteiger partial charge in [0.25, 0.3) is 10.0 Å². The number of para-hydroxylation sites is 2. The van der Waals surface area contributed by atoms with E-state index in [1.807, 2.05) is 66.7 Å². The second-order valence-electron chi connectivity index (χ2n) is 10.6. The molecule has 6 rings (SSSR count). The van der Waals surface area contributed by atoms with Gasteiger partial charge in [-0.2, -0.15) is 5.10 Å². The van der Waals surface area contributed by atoms with Crippen molar-refractivity contribution in [3.63, 3.8) is 0 Å². The van der Waals surface area contributed by atoms with Crippen molar-refractivity contribution in [3.05, 3.63) is 126 Å². The van der Waals surface area contributed by atoms with E-state index in [4.69, 9.17) is 14.6 Å². The molecule has 44 heavy (non-hydrogen) atoms. The van der Waals surface area contributed by atoms with Crippen LogP contribution in [0.15, 0.2) is 114 Å². The molecule has 226 valence electrons. The molecular formula is C34H35N5O4S. The van der Waals surface area contributed by atoms with E-state index in [0.717, 1.165) is 28.7 Å². The fourth-order valence-electron chi connectivity index (χ4n) is 5.58. The number of sulfonamides is 1. The number of aromatic nitrogens is 1. The summed E-state index contributed by atoms with van der Waals surface area (Å²) in [6, 6.07) is 32.6. The minimum Gasteiger partial charge on any atom is -0.497 e. The maximum absolute atomic E-state index is 14.3. The minimum atomic E-state index is -4.00.